The standard InChI is InChI=1S/C20H35F/c1-2-17-8-12-19(13-9-17)20-14-10-18(11-15-20)7-5-3-4-6-16-21/h3,5,17-20H,2,4,6-16H2,1H3/b5-3+. The molecule has 0 nitrogen and oxygen atoms in total. The zero-order chi connectivity index (χ0) is 14.9. The van der Waals surface area contributed by atoms with E-state index in [1.165, 1.54) is 64.2 Å². The van der Waals surface area contributed by atoms with Crippen LogP contribution in [-0.4, -0.2) is 6.67 Å². The Morgan fingerprint density at radius 1 is 0.810 bits per heavy atom. The Hall–Kier alpha value is -0.330. The minimum absolute atomic E-state index is 0.171. The quantitative estimate of drug-likeness (QED) is 0.362. The van der Waals surface area contributed by atoms with E-state index in [4.69, 9.17) is 0 Å². The highest BCUT2D eigenvalue weighted by Gasteiger charge is 2.29. The summed E-state index contributed by atoms with van der Waals surface area (Å²) in [6, 6.07) is 0. The summed E-state index contributed by atoms with van der Waals surface area (Å²) in [4.78, 5) is 0. The molecule has 0 radical (unpaired) electrons. The lowest BCUT2D eigenvalue weighted by Gasteiger charge is -2.37. The van der Waals surface area contributed by atoms with Gasteiger partial charge in [-0.15, -0.1) is 0 Å². The second-order valence-corrected chi connectivity index (χ2v) is 7.51. The van der Waals surface area contributed by atoms with Gasteiger partial charge in [-0.3, -0.25) is 4.39 Å². The molecule has 0 spiro atoms. The Kier molecular flexibility index (Phi) is 7.82. The normalized spacial score (nSPS) is 34.4. The molecule has 21 heavy (non-hydrogen) atoms. The first-order chi connectivity index (χ1) is 10.3. The zero-order valence-electron chi connectivity index (χ0n) is 14.0. The van der Waals surface area contributed by atoms with Gasteiger partial charge in [0, 0.05) is 0 Å². The fourth-order valence-corrected chi connectivity index (χ4v) is 4.56. The maximum atomic E-state index is 12.0. The van der Waals surface area contributed by atoms with E-state index < -0.39 is 0 Å². The van der Waals surface area contributed by atoms with E-state index in [2.05, 4.69) is 19.1 Å². The van der Waals surface area contributed by atoms with Crippen LogP contribution in [0.25, 0.3) is 0 Å². The van der Waals surface area contributed by atoms with E-state index in [0.29, 0.717) is 6.42 Å². The third-order valence-corrected chi connectivity index (χ3v) is 6.17. The van der Waals surface area contributed by atoms with Crippen LogP contribution in [0.5, 0.6) is 0 Å². The van der Waals surface area contributed by atoms with Crippen molar-refractivity contribution in [3.8, 4) is 0 Å². The highest BCUT2D eigenvalue weighted by molar-refractivity contribution is 4.87. The monoisotopic (exact) mass is 294 g/mol. The Bertz CT molecular complexity index is 280. The summed E-state index contributed by atoms with van der Waals surface area (Å²) in [7, 11) is 0. The Morgan fingerprint density at radius 2 is 1.38 bits per heavy atom. The van der Waals surface area contributed by atoms with Crippen LogP contribution < -0.4 is 0 Å². The smallest absolute Gasteiger partial charge is 0.0897 e. The predicted molar refractivity (Wildman–Crippen MR) is 90.2 cm³/mol. The molecule has 2 fully saturated rings. The number of hydrogen-bond acceptors (Lipinski definition) is 0. The molecule has 0 aromatic rings. The second-order valence-electron chi connectivity index (χ2n) is 7.51. The third kappa shape index (κ3) is 5.75. The van der Waals surface area contributed by atoms with E-state index in [9.17, 15) is 4.39 Å². The number of hydrogen-bond donors (Lipinski definition) is 0. The van der Waals surface area contributed by atoms with Gasteiger partial charge in [-0.25, -0.2) is 0 Å². The average molecular weight is 294 g/mol. The van der Waals surface area contributed by atoms with Gasteiger partial charge in [0.15, 0.2) is 0 Å². The van der Waals surface area contributed by atoms with Crippen LogP contribution in [0.4, 0.5) is 4.39 Å². The van der Waals surface area contributed by atoms with E-state index in [1.807, 2.05) is 0 Å². The number of alkyl halides is 1. The van der Waals surface area contributed by atoms with Crippen LogP contribution in [0.2, 0.25) is 0 Å². The molecule has 0 heterocycles. The summed E-state index contributed by atoms with van der Waals surface area (Å²) < 4.78 is 12.0. The minimum atomic E-state index is -0.171. The van der Waals surface area contributed by atoms with Crippen molar-refractivity contribution in [2.24, 2.45) is 23.7 Å². The maximum Gasteiger partial charge on any atom is 0.0897 e. The first-order valence-corrected chi connectivity index (χ1v) is 9.54. The van der Waals surface area contributed by atoms with Crippen molar-refractivity contribution in [3.05, 3.63) is 12.2 Å². The first kappa shape index (κ1) is 17.0. The zero-order valence-corrected chi connectivity index (χ0v) is 14.0. The van der Waals surface area contributed by atoms with E-state index in [1.54, 1.807) is 0 Å². The van der Waals surface area contributed by atoms with Crippen molar-refractivity contribution in [2.75, 3.05) is 6.67 Å². The second kappa shape index (κ2) is 9.64. The Labute approximate surface area is 131 Å². The fourth-order valence-electron chi connectivity index (χ4n) is 4.56. The Balaban J connectivity index is 1.61. The van der Waals surface area contributed by atoms with Crippen molar-refractivity contribution in [2.45, 2.75) is 84.0 Å². The molecule has 2 aliphatic rings. The highest BCUT2D eigenvalue weighted by atomic mass is 19.1. The molecular formula is C20H35F. The van der Waals surface area contributed by atoms with Crippen LogP contribution >= 0.6 is 0 Å². The van der Waals surface area contributed by atoms with Gasteiger partial charge < -0.3 is 0 Å². The SMILES string of the molecule is CCC1CCC(C2CCC(C/C=C/CCCF)CC2)CC1. The lowest BCUT2D eigenvalue weighted by Crippen LogP contribution is -2.25. The summed E-state index contributed by atoms with van der Waals surface area (Å²) in [6.45, 7) is 2.19. The van der Waals surface area contributed by atoms with Crippen molar-refractivity contribution >= 4 is 0 Å². The van der Waals surface area contributed by atoms with Gasteiger partial charge in [-0.2, -0.15) is 0 Å². The summed E-state index contributed by atoms with van der Waals surface area (Å²) in [5.41, 5.74) is 0. The molecule has 2 aliphatic carbocycles. The maximum absolute atomic E-state index is 12.0. The van der Waals surface area contributed by atoms with Crippen LogP contribution in [0.3, 0.4) is 0 Å². The summed E-state index contributed by atoms with van der Waals surface area (Å²) >= 11 is 0. The summed E-state index contributed by atoms with van der Waals surface area (Å²) in [5, 5.41) is 0. The van der Waals surface area contributed by atoms with Crippen molar-refractivity contribution in [3.63, 3.8) is 0 Å². The molecule has 1 heteroatoms. The van der Waals surface area contributed by atoms with Crippen molar-refractivity contribution in [1.29, 1.82) is 0 Å². The Morgan fingerprint density at radius 3 is 1.90 bits per heavy atom. The molecule has 0 aliphatic heterocycles. The molecule has 0 N–H and O–H groups in total. The van der Waals surface area contributed by atoms with Crippen LogP contribution in [-0.2, 0) is 0 Å². The number of unbranched alkanes of at least 4 members (excludes halogenated alkanes) is 1. The predicted octanol–water partition coefficient (Wildman–Crippen LogP) is 6.71. The topological polar surface area (TPSA) is 0 Å². The van der Waals surface area contributed by atoms with Crippen LogP contribution in [0, 0.1) is 23.7 Å². The van der Waals surface area contributed by atoms with E-state index in [-0.39, 0.29) is 6.67 Å². The molecule has 2 saturated carbocycles. The fraction of sp³-hybridized carbons (Fsp3) is 0.900. The number of allylic oxidation sites excluding steroid dienone is 2. The third-order valence-electron chi connectivity index (χ3n) is 6.17. The number of rotatable bonds is 7. The first-order valence-electron chi connectivity index (χ1n) is 9.54. The molecule has 0 saturated heterocycles. The highest BCUT2D eigenvalue weighted by Crippen LogP contribution is 2.42. The molecular weight excluding hydrogens is 259 g/mol. The van der Waals surface area contributed by atoms with Gasteiger partial charge in [-0.1, -0.05) is 38.3 Å². The average Bonchev–Trinajstić information content (AvgIpc) is 2.55. The van der Waals surface area contributed by atoms with Crippen LogP contribution in [0.15, 0.2) is 12.2 Å². The van der Waals surface area contributed by atoms with Crippen molar-refractivity contribution < 1.29 is 4.39 Å². The van der Waals surface area contributed by atoms with Gasteiger partial charge in [0.2, 0.25) is 0 Å². The lowest BCUT2D eigenvalue weighted by molar-refractivity contribution is 0.145. The lowest BCUT2D eigenvalue weighted by atomic mass is 9.68. The van der Waals surface area contributed by atoms with E-state index >= 15 is 0 Å². The minimum Gasteiger partial charge on any atom is -0.251 e. The van der Waals surface area contributed by atoms with Crippen LogP contribution in [0.1, 0.15) is 84.0 Å². The van der Waals surface area contributed by atoms with Gasteiger partial charge in [0.25, 0.3) is 0 Å². The molecule has 0 amide bonds. The van der Waals surface area contributed by atoms with Crippen molar-refractivity contribution in [1.82, 2.24) is 0 Å². The molecule has 0 aromatic heterocycles. The largest absolute Gasteiger partial charge is 0.251 e. The molecule has 0 aromatic carbocycles. The summed E-state index contributed by atoms with van der Waals surface area (Å²) in [5.74, 6) is 4.03. The summed E-state index contributed by atoms with van der Waals surface area (Å²) in [6.07, 6.45) is 20.6. The van der Waals surface area contributed by atoms with Gasteiger partial charge in [0.05, 0.1) is 6.67 Å². The molecule has 122 valence electrons. The van der Waals surface area contributed by atoms with E-state index in [0.717, 1.165) is 30.1 Å². The number of halogens is 1. The van der Waals surface area contributed by atoms with Gasteiger partial charge in [0.1, 0.15) is 0 Å². The molecule has 2 rings (SSSR count). The molecule has 0 bridgehead atoms. The molecule has 0 unspecified atom stereocenters. The van der Waals surface area contributed by atoms with Gasteiger partial charge >= 0.3 is 0 Å². The van der Waals surface area contributed by atoms with Gasteiger partial charge in [-0.05, 0) is 81.5 Å². The molecule has 0 atom stereocenters.